The van der Waals surface area contributed by atoms with Crippen LogP contribution in [0.5, 0.6) is 5.75 Å². The molecule has 1 fully saturated rings. The second-order valence-corrected chi connectivity index (χ2v) is 8.59. The maximum Gasteiger partial charge on any atom is 0.236 e. The van der Waals surface area contributed by atoms with Crippen LogP contribution in [0.4, 0.5) is 5.69 Å². The van der Waals surface area contributed by atoms with Gasteiger partial charge in [0.1, 0.15) is 5.75 Å². The summed E-state index contributed by atoms with van der Waals surface area (Å²) < 4.78 is 54.1. The number of benzene rings is 1. The summed E-state index contributed by atoms with van der Waals surface area (Å²) >= 11 is 0. The van der Waals surface area contributed by atoms with Crippen molar-refractivity contribution in [2.75, 3.05) is 23.3 Å². The monoisotopic (exact) mass is 305 g/mol. The minimum atomic E-state index is -3.67. The summed E-state index contributed by atoms with van der Waals surface area (Å²) in [4.78, 5) is 0. The van der Waals surface area contributed by atoms with E-state index in [0.717, 1.165) is 0 Å². The number of methoxy groups -OCH3 is 1. The molecule has 1 aliphatic heterocycles. The Hall–Kier alpha value is -1.28. The van der Waals surface area contributed by atoms with Gasteiger partial charge in [0, 0.05) is 5.69 Å². The van der Waals surface area contributed by atoms with Crippen molar-refractivity contribution < 1.29 is 21.6 Å². The van der Waals surface area contributed by atoms with Crippen LogP contribution < -0.4 is 9.46 Å². The van der Waals surface area contributed by atoms with E-state index in [4.69, 9.17) is 4.74 Å². The maximum atomic E-state index is 12.0. The van der Waals surface area contributed by atoms with Crippen LogP contribution >= 0.6 is 0 Å². The Morgan fingerprint density at radius 1 is 1.26 bits per heavy atom. The Kier molecular flexibility index (Phi) is 3.73. The fourth-order valence-corrected chi connectivity index (χ4v) is 6.00. The quantitative estimate of drug-likeness (QED) is 0.881. The number of nitrogens with one attached hydrogen (secondary N) is 1. The van der Waals surface area contributed by atoms with E-state index in [1.807, 2.05) is 0 Å². The molecule has 1 atom stereocenters. The minimum Gasteiger partial charge on any atom is -0.497 e. The van der Waals surface area contributed by atoms with Crippen LogP contribution in [0.3, 0.4) is 0 Å². The fraction of sp³-hybridized carbons (Fsp3) is 0.455. The van der Waals surface area contributed by atoms with Crippen molar-refractivity contribution >= 4 is 25.5 Å². The van der Waals surface area contributed by atoms with Gasteiger partial charge in [-0.25, -0.2) is 16.8 Å². The third-order valence-electron chi connectivity index (χ3n) is 2.98. The molecule has 1 aromatic rings. The second-order valence-electron chi connectivity index (χ2n) is 4.40. The van der Waals surface area contributed by atoms with E-state index < -0.39 is 25.1 Å². The van der Waals surface area contributed by atoms with Gasteiger partial charge < -0.3 is 4.74 Å². The summed E-state index contributed by atoms with van der Waals surface area (Å²) in [6, 6.07) is 6.39. The summed E-state index contributed by atoms with van der Waals surface area (Å²) in [7, 11) is -5.38. The SMILES string of the molecule is COc1ccc(NS(=O)(=O)[C@H]2CCS(=O)(=O)C2)cc1. The number of rotatable bonds is 4. The van der Waals surface area contributed by atoms with Crippen LogP contribution in [0.2, 0.25) is 0 Å². The first-order valence-electron chi connectivity index (χ1n) is 5.68. The largest absolute Gasteiger partial charge is 0.497 e. The molecule has 0 radical (unpaired) electrons. The summed E-state index contributed by atoms with van der Waals surface area (Å²) in [5, 5.41) is -0.875. The highest BCUT2D eigenvalue weighted by molar-refractivity contribution is 7.97. The molecule has 0 aliphatic carbocycles. The average Bonchev–Trinajstić information content (AvgIpc) is 2.71. The number of ether oxygens (including phenoxy) is 1. The molecular formula is C11H15NO5S2. The fourth-order valence-electron chi connectivity index (χ4n) is 1.91. The smallest absolute Gasteiger partial charge is 0.236 e. The van der Waals surface area contributed by atoms with Crippen LogP contribution in [-0.4, -0.2) is 40.7 Å². The zero-order valence-corrected chi connectivity index (χ0v) is 12.0. The summed E-state index contributed by atoms with van der Waals surface area (Å²) in [5.41, 5.74) is 0.394. The first-order chi connectivity index (χ1) is 8.82. The molecule has 106 valence electrons. The zero-order valence-electron chi connectivity index (χ0n) is 10.4. The lowest BCUT2D eigenvalue weighted by Gasteiger charge is -2.12. The predicted molar refractivity (Wildman–Crippen MR) is 72.6 cm³/mol. The Bertz CT molecular complexity index is 649. The van der Waals surface area contributed by atoms with Crippen molar-refractivity contribution in [1.29, 1.82) is 0 Å². The van der Waals surface area contributed by atoms with Crippen molar-refractivity contribution in [3.05, 3.63) is 24.3 Å². The molecule has 1 aromatic carbocycles. The van der Waals surface area contributed by atoms with Gasteiger partial charge in [0.05, 0.1) is 23.9 Å². The number of sulfonamides is 1. The van der Waals surface area contributed by atoms with E-state index in [2.05, 4.69) is 4.72 Å². The molecule has 0 amide bonds. The molecule has 0 unspecified atom stereocenters. The van der Waals surface area contributed by atoms with E-state index in [-0.39, 0.29) is 17.9 Å². The van der Waals surface area contributed by atoms with Gasteiger partial charge in [-0.3, -0.25) is 4.72 Å². The standard InChI is InChI=1S/C11H15NO5S2/c1-17-10-4-2-9(3-5-10)12-19(15,16)11-6-7-18(13,14)8-11/h2-5,11-12H,6-8H2,1H3/t11-/m0/s1. The molecule has 1 aliphatic rings. The van der Waals surface area contributed by atoms with Crippen molar-refractivity contribution in [3.8, 4) is 5.75 Å². The minimum absolute atomic E-state index is 0.0683. The van der Waals surface area contributed by atoms with Gasteiger partial charge in [0.15, 0.2) is 9.84 Å². The molecule has 0 aromatic heterocycles. The Balaban J connectivity index is 2.13. The first kappa shape index (κ1) is 14.1. The molecular weight excluding hydrogens is 290 g/mol. The molecule has 0 bridgehead atoms. The summed E-state index contributed by atoms with van der Waals surface area (Å²) in [6.07, 6.45) is 0.147. The zero-order chi connectivity index (χ0) is 14.1. The molecule has 19 heavy (non-hydrogen) atoms. The molecule has 0 spiro atoms. The molecule has 8 heteroatoms. The Morgan fingerprint density at radius 2 is 1.89 bits per heavy atom. The van der Waals surface area contributed by atoms with Gasteiger partial charge in [0.25, 0.3) is 0 Å². The lowest BCUT2D eigenvalue weighted by atomic mass is 10.3. The Labute approximate surface area is 112 Å². The van der Waals surface area contributed by atoms with Gasteiger partial charge in [0.2, 0.25) is 10.0 Å². The van der Waals surface area contributed by atoms with E-state index in [0.29, 0.717) is 11.4 Å². The van der Waals surface area contributed by atoms with Crippen molar-refractivity contribution in [2.45, 2.75) is 11.7 Å². The van der Waals surface area contributed by atoms with E-state index in [9.17, 15) is 16.8 Å². The van der Waals surface area contributed by atoms with Gasteiger partial charge in [-0.15, -0.1) is 0 Å². The van der Waals surface area contributed by atoms with Crippen LogP contribution in [-0.2, 0) is 19.9 Å². The molecule has 6 nitrogen and oxygen atoms in total. The molecule has 0 saturated carbocycles. The Morgan fingerprint density at radius 3 is 2.37 bits per heavy atom. The number of sulfone groups is 1. The summed E-state index contributed by atoms with van der Waals surface area (Å²) in [5.74, 6) is 0.242. The van der Waals surface area contributed by atoms with Gasteiger partial charge in [-0.1, -0.05) is 0 Å². The van der Waals surface area contributed by atoms with Crippen LogP contribution in [0.1, 0.15) is 6.42 Å². The molecule has 1 N–H and O–H groups in total. The van der Waals surface area contributed by atoms with Crippen LogP contribution in [0.15, 0.2) is 24.3 Å². The van der Waals surface area contributed by atoms with Gasteiger partial charge >= 0.3 is 0 Å². The number of hydrogen-bond donors (Lipinski definition) is 1. The highest BCUT2D eigenvalue weighted by Crippen LogP contribution is 2.22. The van der Waals surface area contributed by atoms with Crippen molar-refractivity contribution in [2.24, 2.45) is 0 Å². The van der Waals surface area contributed by atoms with Crippen molar-refractivity contribution in [3.63, 3.8) is 0 Å². The molecule has 1 saturated heterocycles. The number of anilines is 1. The van der Waals surface area contributed by atoms with Gasteiger partial charge in [-0.05, 0) is 30.7 Å². The van der Waals surface area contributed by atoms with E-state index in [1.54, 1.807) is 24.3 Å². The van der Waals surface area contributed by atoms with Crippen LogP contribution in [0, 0.1) is 0 Å². The normalized spacial score (nSPS) is 22.1. The topological polar surface area (TPSA) is 89.5 Å². The van der Waals surface area contributed by atoms with E-state index >= 15 is 0 Å². The van der Waals surface area contributed by atoms with E-state index in [1.165, 1.54) is 7.11 Å². The third-order valence-corrected chi connectivity index (χ3v) is 6.76. The predicted octanol–water partition coefficient (Wildman–Crippen LogP) is 0.624. The maximum absolute atomic E-state index is 12.0. The lowest BCUT2D eigenvalue weighted by molar-refractivity contribution is 0.415. The third kappa shape index (κ3) is 3.38. The molecule has 2 rings (SSSR count). The highest BCUT2D eigenvalue weighted by atomic mass is 32.2. The highest BCUT2D eigenvalue weighted by Gasteiger charge is 2.37. The van der Waals surface area contributed by atoms with Crippen LogP contribution in [0.25, 0.3) is 0 Å². The lowest BCUT2D eigenvalue weighted by Crippen LogP contribution is -2.28. The van der Waals surface area contributed by atoms with Crippen molar-refractivity contribution in [1.82, 2.24) is 0 Å². The molecule has 1 heterocycles. The summed E-state index contributed by atoms with van der Waals surface area (Å²) in [6.45, 7) is 0. The average molecular weight is 305 g/mol. The first-order valence-corrected chi connectivity index (χ1v) is 9.05. The number of hydrogen-bond acceptors (Lipinski definition) is 5. The van der Waals surface area contributed by atoms with Gasteiger partial charge in [-0.2, -0.15) is 0 Å². The second kappa shape index (κ2) is 5.01.